The Morgan fingerprint density at radius 1 is 1.28 bits per heavy atom. The fourth-order valence-corrected chi connectivity index (χ4v) is 3.10. The smallest absolute Gasteiger partial charge is 0.249 e. The number of hydrogen-bond donors (Lipinski definition) is 1. The second kappa shape index (κ2) is 7.09. The Balaban J connectivity index is 1.54. The van der Waals surface area contributed by atoms with Crippen LogP contribution in [0.15, 0.2) is 30.5 Å². The molecule has 1 saturated heterocycles. The molecule has 1 aromatic heterocycles. The van der Waals surface area contributed by atoms with Gasteiger partial charge in [0.15, 0.2) is 0 Å². The summed E-state index contributed by atoms with van der Waals surface area (Å²) in [4.78, 5) is 26.5. The summed E-state index contributed by atoms with van der Waals surface area (Å²) >= 11 is 0. The SMILES string of the molecule is Cc1ccc(N2CC[C@H](NC(=O)CCc3cnn(C)c3C)C2=O)cc1. The monoisotopic (exact) mass is 340 g/mol. The van der Waals surface area contributed by atoms with Crippen LogP contribution < -0.4 is 10.2 Å². The van der Waals surface area contributed by atoms with Crippen molar-refractivity contribution in [1.29, 1.82) is 0 Å². The molecular weight excluding hydrogens is 316 g/mol. The number of nitrogens with one attached hydrogen (secondary N) is 1. The number of rotatable bonds is 5. The number of benzene rings is 1. The minimum Gasteiger partial charge on any atom is -0.344 e. The molecular formula is C19H24N4O2. The van der Waals surface area contributed by atoms with Crippen LogP contribution in [0.3, 0.4) is 0 Å². The molecule has 0 bridgehead atoms. The van der Waals surface area contributed by atoms with E-state index in [-0.39, 0.29) is 11.8 Å². The lowest BCUT2D eigenvalue weighted by molar-refractivity contribution is -0.126. The predicted octanol–water partition coefficient (Wildman–Crippen LogP) is 1.89. The number of hydrogen-bond acceptors (Lipinski definition) is 3. The molecule has 6 heteroatoms. The van der Waals surface area contributed by atoms with E-state index in [4.69, 9.17) is 0 Å². The van der Waals surface area contributed by atoms with Crippen molar-refractivity contribution in [3.63, 3.8) is 0 Å². The highest BCUT2D eigenvalue weighted by molar-refractivity contribution is 6.01. The van der Waals surface area contributed by atoms with Crippen molar-refractivity contribution in [1.82, 2.24) is 15.1 Å². The van der Waals surface area contributed by atoms with Gasteiger partial charge in [-0.15, -0.1) is 0 Å². The minimum atomic E-state index is -0.427. The molecule has 2 heterocycles. The molecule has 3 rings (SSSR count). The van der Waals surface area contributed by atoms with E-state index in [1.165, 1.54) is 0 Å². The third kappa shape index (κ3) is 3.73. The number of aryl methyl sites for hydroxylation is 3. The Kier molecular flexibility index (Phi) is 4.88. The number of carbonyl (C=O) groups excluding carboxylic acids is 2. The van der Waals surface area contributed by atoms with Crippen LogP contribution in [0.1, 0.15) is 29.7 Å². The standard InChI is InChI=1S/C19H24N4O2/c1-13-4-7-16(8-5-13)23-11-10-17(19(23)25)21-18(24)9-6-15-12-20-22(3)14(15)2/h4-5,7-8,12,17H,6,9-11H2,1-3H3,(H,21,24)/t17-/m0/s1. The molecule has 0 radical (unpaired) electrons. The van der Waals surface area contributed by atoms with E-state index in [9.17, 15) is 9.59 Å². The average Bonchev–Trinajstić information content (AvgIpc) is 3.11. The Labute approximate surface area is 147 Å². The molecule has 2 aromatic rings. The van der Waals surface area contributed by atoms with Gasteiger partial charge in [0, 0.05) is 31.4 Å². The molecule has 1 aromatic carbocycles. The molecule has 0 aliphatic carbocycles. The van der Waals surface area contributed by atoms with E-state index in [0.717, 1.165) is 22.5 Å². The maximum atomic E-state index is 12.6. The molecule has 0 unspecified atom stereocenters. The van der Waals surface area contributed by atoms with Crippen molar-refractivity contribution in [3.05, 3.63) is 47.3 Å². The van der Waals surface area contributed by atoms with E-state index in [0.29, 0.717) is 25.8 Å². The lowest BCUT2D eigenvalue weighted by Gasteiger charge is -2.17. The van der Waals surface area contributed by atoms with Gasteiger partial charge in [0.05, 0.1) is 6.20 Å². The first-order chi connectivity index (χ1) is 12.0. The Bertz CT molecular complexity index is 779. The molecule has 1 N–H and O–H groups in total. The van der Waals surface area contributed by atoms with Gasteiger partial charge in [-0.25, -0.2) is 0 Å². The minimum absolute atomic E-state index is 0.0326. The van der Waals surface area contributed by atoms with Crippen molar-refractivity contribution in [2.75, 3.05) is 11.4 Å². The molecule has 1 atom stereocenters. The quantitative estimate of drug-likeness (QED) is 0.904. The highest BCUT2D eigenvalue weighted by Gasteiger charge is 2.33. The van der Waals surface area contributed by atoms with Crippen LogP contribution in [0.5, 0.6) is 0 Å². The molecule has 6 nitrogen and oxygen atoms in total. The summed E-state index contributed by atoms with van der Waals surface area (Å²) in [6.45, 7) is 4.64. The number of aromatic nitrogens is 2. The van der Waals surface area contributed by atoms with Crippen molar-refractivity contribution in [2.45, 2.75) is 39.2 Å². The van der Waals surface area contributed by atoms with Crippen molar-refractivity contribution >= 4 is 17.5 Å². The van der Waals surface area contributed by atoms with E-state index < -0.39 is 6.04 Å². The number of amides is 2. The predicted molar refractivity (Wildman–Crippen MR) is 96.3 cm³/mol. The molecule has 25 heavy (non-hydrogen) atoms. The fourth-order valence-electron chi connectivity index (χ4n) is 3.10. The normalized spacial score (nSPS) is 17.2. The van der Waals surface area contributed by atoms with Gasteiger partial charge in [0.1, 0.15) is 6.04 Å². The van der Waals surface area contributed by atoms with Gasteiger partial charge in [-0.05, 0) is 44.4 Å². The lowest BCUT2D eigenvalue weighted by atomic mass is 10.1. The molecule has 2 amide bonds. The zero-order chi connectivity index (χ0) is 18.0. The first-order valence-corrected chi connectivity index (χ1v) is 8.60. The summed E-state index contributed by atoms with van der Waals surface area (Å²) in [5.74, 6) is -0.123. The van der Waals surface area contributed by atoms with Crippen LogP contribution in [0, 0.1) is 13.8 Å². The molecule has 1 aliphatic rings. The summed E-state index contributed by atoms with van der Waals surface area (Å²) < 4.78 is 1.80. The van der Waals surface area contributed by atoms with E-state index in [2.05, 4.69) is 10.4 Å². The Hall–Kier alpha value is -2.63. The summed E-state index contributed by atoms with van der Waals surface area (Å²) in [5.41, 5.74) is 4.18. The fraction of sp³-hybridized carbons (Fsp3) is 0.421. The van der Waals surface area contributed by atoms with Gasteiger partial charge >= 0.3 is 0 Å². The first-order valence-electron chi connectivity index (χ1n) is 8.60. The van der Waals surface area contributed by atoms with Crippen LogP contribution >= 0.6 is 0 Å². The molecule has 0 saturated carbocycles. The summed E-state index contributed by atoms with van der Waals surface area (Å²) in [6.07, 6.45) is 3.43. The van der Waals surface area contributed by atoms with Gasteiger partial charge in [-0.1, -0.05) is 17.7 Å². The summed E-state index contributed by atoms with van der Waals surface area (Å²) in [7, 11) is 1.88. The van der Waals surface area contributed by atoms with Gasteiger partial charge < -0.3 is 10.2 Å². The Morgan fingerprint density at radius 2 is 2.00 bits per heavy atom. The zero-order valence-electron chi connectivity index (χ0n) is 15.0. The topological polar surface area (TPSA) is 67.2 Å². The first kappa shape index (κ1) is 17.2. The highest BCUT2D eigenvalue weighted by atomic mass is 16.2. The van der Waals surface area contributed by atoms with Crippen LogP contribution in [0.4, 0.5) is 5.69 Å². The van der Waals surface area contributed by atoms with Crippen LogP contribution in [-0.4, -0.2) is 34.2 Å². The third-order valence-corrected chi connectivity index (χ3v) is 4.84. The zero-order valence-corrected chi connectivity index (χ0v) is 15.0. The average molecular weight is 340 g/mol. The number of anilines is 1. The largest absolute Gasteiger partial charge is 0.344 e. The maximum Gasteiger partial charge on any atom is 0.249 e. The third-order valence-electron chi connectivity index (χ3n) is 4.84. The number of carbonyl (C=O) groups is 2. The maximum absolute atomic E-state index is 12.6. The number of nitrogens with zero attached hydrogens (tertiary/aromatic N) is 3. The molecule has 0 spiro atoms. The van der Waals surface area contributed by atoms with Crippen molar-refractivity contribution in [3.8, 4) is 0 Å². The van der Waals surface area contributed by atoms with Crippen LogP contribution in [0.25, 0.3) is 0 Å². The van der Waals surface area contributed by atoms with Crippen molar-refractivity contribution in [2.24, 2.45) is 7.05 Å². The molecule has 1 fully saturated rings. The summed E-state index contributed by atoms with van der Waals surface area (Å²) in [5, 5.41) is 7.06. The van der Waals surface area contributed by atoms with Gasteiger partial charge in [0.2, 0.25) is 11.8 Å². The van der Waals surface area contributed by atoms with E-state index in [1.807, 2.05) is 45.2 Å². The van der Waals surface area contributed by atoms with Gasteiger partial charge in [-0.2, -0.15) is 5.10 Å². The second-order valence-corrected chi connectivity index (χ2v) is 6.61. The molecule has 1 aliphatic heterocycles. The molecule has 132 valence electrons. The van der Waals surface area contributed by atoms with Crippen LogP contribution in [-0.2, 0) is 23.1 Å². The summed E-state index contributed by atoms with van der Waals surface area (Å²) in [6, 6.07) is 7.45. The van der Waals surface area contributed by atoms with Crippen LogP contribution in [0.2, 0.25) is 0 Å². The highest BCUT2D eigenvalue weighted by Crippen LogP contribution is 2.22. The van der Waals surface area contributed by atoms with Gasteiger partial charge in [-0.3, -0.25) is 14.3 Å². The van der Waals surface area contributed by atoms with E-state index >= 15 is 0 Å². The van der Waals surface area contributed by atoms with Crippen molar-refractivity contribution < 1.29 is 9.59 Å². The second-order valence-electron chi connectivity index (χ2n) is 6.61. The van der Waals surface area contributed by atoms with E-state index in [1.54, 1.807) is 15.8 Å². The Morgan fingerprint density at radius 3 is 2.64 bits per heavy atom. The van der Waals surface area contributed by atoms with Gasteiger partial charge in [0.25, 0.3) is 0 Å². The lowest BCUT2D eigenvalue weighted by Crippen LogP contribution is -2.41.